The number of carbonyl (C=O) groups excluding carboxylic acids is 1. The molecule has 0 aromatic heterocycles. The van der Waals surface area contributed by atoms with Crippen LogP contribution in [-0.4, -0.2) is 14.3 Å². The average Bonchev–Trinajstić information content (AvgIpc) is 2.68. The Labute approximate surface area is 176 Å². The number of hydrogen-bond donors (Lipinski definition) is 2. The summed E-state index contributed by atoms with van der Waals surface area (Å²) >= 11 is 0. The van der Waals surface area contributed by atoms with Gasteiger partial charge in [-0.1, -0.05) is 24.3 Å². The number of amides is 1. The van der Waals surface area contributed by atoms with Crippen LogP contribution in [0.3, 0.4) is 0 Å². The molecular weight excluding hydrogens is 433 g/mol. The van der Waals surface area contributed by atoms with Crippen molar-refractivity contribution in [3.8, 4) is 11.5 Å². The molecule has 0 saturated carbocycles. The molecule has 0 aliphatic heterocycles. The summed E-state index contributed by atoms with van der Waals surface area (Å²) in [4.78, 5) is 12.6. The molecule has 0 bridgehead atoms. The number of sulfonamides is 1. The molecule has 31 heavy (non-hydrogen) atoms. The highest BCUT2D eigenvalue weighted by Gasteiger charge is 2.32. The van der Waals surface area contributed by atoms with Crippen LogP contribution in [0.25, 0.3) is 0 Å². The van der Waals surface area contributed by atoms with Gasteiger partial charge in [-0.2, -0.15) is 13.2 Å². The lowest BCUT2D eigenvalue weighted by molar-refractivity contribution is -0.137. The van der Waals surface area contributed by atoms with Gasteiger partial charge in [-0.3, -0.25) is 4.79 Å². The number of ether oxygens (including phenoxy) is 1. The number of hydrogen-bond acceptors (Lipinski definition) is 4. The first-order chi connectivity index (χ1) is 14.4. The van der Waals surface area contributed by atoms with Crippen LogP contribution in [0.4, 0.5) is 18.9 Å². The summed E-state index contributed by atoms with van der Waals surface area (Å²) in [7, 11) is -4.00. The van der Waals surface area contributed by atoms with Crippen molar-refractivity contribution < 1.29 is 31.1 Å². The molecule has 0 heterocycles. The van der Waals surface area contributed by atoms with Gasteiger partial charge in [0.1, 0.15) is 11.5 Å². The van der Waals surface area contributed by atoms with E-state index in [1.807, 2.05) is 0 Å². The lowest BCUT2D eigenvalue weighted by atomic mass is 10.1. The Bertz CT molecular complexity index is 1240. The molecule has 0 saturated heterocycles. The molecule has 6 nitrogen and oxygen atoms in total. The number of nitrogens with two attached hydrogens (primary N) is 1. The average molecular weight is 450 g/mol. The van der Waals surface area contributed by atoms with E-state index < -0.39 is 27.7 Å². The van der Waals surface area contributed by atoms with E-state index in [-0.39, 0.29) is 27.6 Å². The lowest BCUT2D eigenvalue weighted by Gasteiger charge is -2.16. The second kappa shape index (κ2) is 8.40. The smallest absolute Gasteiger partial charge is 0.416 e. The zero-order chi connectivity index (χ0) is 22.8. The van der Waals surface area contributed by atoms with Gasteiger partial charge in [-0.25, -0.2) is 13.6 Å². The Morgan fingerprint density at radius 3 is 2.32 bits per heavy atom. The molecule has 3 N–H and O–H groups in total. The number of carbonyl (C=O) groups is 1. The van der Waals surface area contributed by atoms with Gasteiger partial charge in [-0.15, -0.1) is 0 Å². The van der Waals surface area contributed by atoms with Gasteiger partial charge in [0.2, 0.25) is 10.0 Å². The fourth-order valence-corrected chi connectivity index (χ4v) is 3.27. The molecule has 1 amide bonds. The second-order valence-electron chi connectivity index (χ2n) is 6.60. The van der Waals surface area contributed by atoms with Crippen LogP contribution in [0.1, 0.15) is 21.5 Å². The molecule has 10 heteroatoms. The number of para-hydroxylation sites is 1. The minimum Gasteiger partial charge on any atom is -0.456 e. The molecule has 0 aliphatic rings. The summed E-state index contributed by atoms with van der Waals surface area (Å²) in [6.45, 7) is 1.71. The van der Waals surface area contributed by atoms with Crippen molar-refractivity contribution in [2.24, 2.45) is 5.14 Å². The number of halogens is 3. The van der Waals surface area contributed by atoms with Crippen LogP contribution in [0.2, 0.25) is 0 Å². The maximum absolute atomic E-state index is 13.2. The number of aryl methyl sites for hydroxylation is 1. The first-order valence-corrected chi connectivity index (χ1v) is 10.4. The summed E-state index contributed by atoms with van der Waals surface area (Å²) in [6, 6.07) is 14.3. The standard InChI is InChI=1S/C21H17F3N2O4S/c1-13-5-2-3-8-18(13)30-19-11-14(21(22,23)24)9-10-17(19)20(27)26-15-6-4-7-16(12-15)31(25,28)29/h2-12H,1H3,(H,26,27)(H2,25,28,29). The number of nitrogens with one attached hydrogen (secondary N) is 1. The lowest BCUT2D eigenvalue weighted by Crippen LogP contribution is -2.16. The van der Waals surface area contributed by atoms with Gasteiger partial charge in [0, 0.05) is 5.69 Å². The molecule has 0 spiro atoms. The van der Waals surface area contributed by atoms with Gasteiger partial charge in [0.15, 0.2) is 0 Å². The first-order valence-electron chi connectivity index (χ1n) is 8.84. The van der Waals surface area contributed by atoms with Crippen molar-refractivity contribution in [1.29, 1.82) is 0 Å². The number of anilines is 1. The zero-order valence-electron chi connectivity index (χ0n) is 16.1. The van der Waals surface area contributed by atoms with Gasteiger partial charge in [0.25, 0.3) is 5.91 Å². The molecule has 3 aromatic rings. The largest absolute Gasteiger partial charge is 0.456 e. The normalized spacial score (nSPS) is 11.8. The maximum atomic E-state index is 13.2. The number of rotatable bonds is 5. The monoisotopic (exact) mass is 450 g/mol. The Balaban J connectivity index is 1.99. The van der Waals surface area contributed by atoms with E-state index in [1.54, 1.807) is 31.2 Å². The predicted octanol–water partition coefficient (Wildman–Crippen LogP) is 4.71. The molecule has 3 rings (SSSR count). The molecule has 0 radical (unpaired) electrons. The van der Waals surface area contributed by atoms with Crippen LogP contribution in [0.5, 0.6) is 11.5 Å². The Hall–Kier alpha value is -3.37. The topological polar surface area (TPSA) is 98.5 Å². The molecule has 0 unspecified atom stereocenters. The van der Waals surface area contributed by atoms with Crippen LogP contribution in [0, 0.1) is 6.92 Å². The molecule has 162 valence electrons. The fourth-order valence-electron chi connectivity index (χ4n) is 2.71. The van der Waals surface area contributed by atoms with Crippen molar-refractivity contribution in [3.05, 3.63) is 83.4 Å². The predicted molar refractivity (Wildman–Crippen MR) is 108 cm³/mol. The van der Waals surface area contributed by atoms with Crippen LogP contribution in [-0.2, 0) is 16.2 Å². The summed E-state index contributed by atoms with van der Waals surface area (Å²) in [6.07, 6.45) is -4.64. The third-order valence-electron chi connectivity index (χ3n) is 4.29. The van der Waals surface area contributed by atoms with Crippen molar-refractivity contribution in [1.82, 2.24) is 0 Å². The molecule has 0 atom stereocenters. The second-order valence-corrected chi connectivity index (χ2v) is 8.16. The first kappa shape index (κ1) is 22.3. The van der Waals surface area contributed by atoms with E-state index in [0.717, 1.165) is 24.3 Å². The van der Waals surface area contributed by atoms with Crippen molar-refractivity contribution in [3.63, 3.8) is 0 Å². The minimum absolute atomic E-state index is 0.0956. The highest BCUT2D eigenvalue weighted by molar-refractivity contribution is 7.89. The summed E-state index contributed by atoms with van der Waals surface area (Å²) < 4.78 is 68.2. The summed E-state index contributed by atoms with van der Waals surface area (Å²) in [5.41, 5.74) is -0.397. The molecule has 0 fully saturated rings. The van der Waals surface area contributed by atoms with E-state index in [0.29, 0.717) is 5.56 Å². The minimum atomic E-state index is -4.64. The Morgan fingerprint density at radius 2 is 1.68 bits per heavy atom. The van der Waals surface area contributed by atoms with Gasteiger partial charge in [-0.05, 0) is 55.0 Å². The quantitative estimate of drug-likeness (QED) is 0.588. The van der Waals surface area contributed by atoms with Crippen LogP contribution in [0.15, 0.2) is 71.6 Å². The van der Waals surface area contributed by atoms with E-state index >= 15 is 0 Å². The number of primary sulfonamides is 1. The molecule has 0 aliphatic carbocycles. The Kier molecular flexibility index (Phi) is 6.05. The van der Waals surface area contributed by atoms with Crippen LogP contribution < -0.4 is 15.2 Å². The number of benzene rings is 3. The van der Waals surface area contributed by atoms with E-state index in [2.05, 4.69) is 5.32 Å². The summed E-state index contributed by atoms with van der Waals surface area (Å²) in [5, 5.41) is 7.53. The number of alkyl halides is 3. The van der Waals surface area contributed by atoms with Crippen LogP contribution >= 0.6 is 0 Å². The van der Waals surface area contributed by atoms with E-state index in [1.165, 1.54) is 18.2 Å². The van der Waals surface area contributed by atoms with Crippen molar-refractivity contribution in [2.45, 2.75) is 18.0 Å². The fraction of sp³-hybridized carbons (Fsp3) is 0.0952. The highest BCUT2D eigenvalue weighted by Crippen LogP contribution is 2.36. The molecule has 3 aromatic carbocycles. The summed E-state index contributed by atoms with van der Waals surface area (Å²) in [5.74, 6) is -0.805. The highest BCUT2D eigenvalue weighted by atomic mass is 32.2. The van der Waals surface area contributed by atoms with Crippen molar-refractivity contribution in [2.75, 3.05) is 5.32 Å². The van der Waals surface area contributed by atoms with E-state index in [9.17, 15) is 26.4 Å². The third kappa shape index (κ3) is 5.41. The van der Waals surface area contributed by atoms with Crippen molar-refractivity contribution >= 4 is 21.6 Å². The maximum Gasteiger partial charge on any atom is 0.416 e. The molecular formula is C21H17F3N2O4S. The Morgan fingerprint density at radius 1 is 0.968 bits per heavy atom. The zero-order valence-corrected chi connectivity index (χ0v) is 16.9. The van der Waals surface area contributed by atoms with E-state index in [4.69, 9.17) is 9.88 Å². The third-order valence-corrected chi connectivity index (χ3v) is 5.20. The van der Waals surface area contributed by atoms with Gasteiger partial charge < -0.3 is 10.1 Å². The SMILES string of the molecule is Cc1ccccc1Oc1cc(C(F)(F)F)ccc1C(=O)Nc1cccc(S(N)(=O)=O)c1. The van der Waals surface area contributed by atoms with Gasteiger partial charge in [0.05, 0.1) is 16.0 Å². The van der Waals surface area contributed by atoms with Gasteiger partial charge >= 0.3 is 6.18 Å².